The molecule has 0 bridgehead atoms. The molecule has 0 radical (unpaired) electrons. The van der Waals surface area contributed by atoms with Gasteiger partial charge in [0.15, 0.2) is 0 Å². The number of aromatic nitrogens is 2. The molecule has 30 heavy (non-hydrogen) atoms. The molecular formula is C23H25ClN4O2. The molecule has 2 aromatic carbocycles. The van der Waals surface area contributed by atoms with Crippen LogP contribution in [0.25, 0.3) is 0 Å². The van der Waals surface area contributed by atoms with Crippen molar-refractivity contribution in [2.75, 3.05) is 31.6 Å². The molecule has 2 heterocycles. The fourth-order valence-electron chi connectivity index (χ4n) is 3.67. The SMILES string of the molecule is COc1ccccc1CN1CCN(c2cc(Oc3ccc(Cl)cc3)ncn2)C[C@H]1C. The molecule has 1 aliphatic rings. The second kappa shape index (κ2) is 9.32. The molecule has 156 valence electrons. The Morgan fingerprint density at radius 3 is 2.63 bits per heavy atom. The number of para-hydroxylation sites is 1. The third-order valence-electron chi connectivity index (χ3n) is 5.32. The molecular weight excluding hydrogens is 400 g/mol. The third kappa shape index (κ3) is 4.83. The first kappa shape index (κ1) is 20.4. The number of piperazine rings is 1. The van der Waals surface area contributed by atoms with E-state index < -0.39 is 0 Å². The summed E-state index contributed by atoms with van der Waals surface area (Å²) in [5, 5.41) is 0.672. The van der Waals surface area contributed by atoms with E-state index in [0.717, 1.165) is 37.7 Å². The van der Waals surface area contributed by atoms with E-state index in [4.69, 9.17) is 21.1 Å². The van der Waals surface area contributed by atoms with E-state index in [9.17, 15) is 0 Å². The lowest BCUT2D eigenvalue weighted by molar-refractivity contribution is 0.178. The van der Waals surface area contributed by atoms with Crippen LogP contribution >= 0.6 is 11.6 Å². The summed E-state index contributed by atoms with van der Waals surface area (Å²) in [4.78, 5) is 13.5. The number of methoxy groups -OCH3 is 1. The zero-order chi connectivity index (χ0) is 20.9. The molecule has 1 atom stereocenters. The number of anilines is 1. The first-order valence-corrected chi connectivity index (χ1v) is 10.4. The van der Waals surface area contributed by atoms with Crippen LogP contribution in [-0.2, 0) is 6.54 Å². The Morgan fingerprint density at radius 1 is 1.07 bits per heavy atom. The van der Waals surface area contributed by atoms with Crippen molar-refractivity contribution in [3.63, 3.8) is 0 Å². The average Bonchev–Trinajstić information content (AvgIpc) is 2.77. The van der Waals surface area contributed by atoms with Gasteiger partial charge in [0.1, 0.15) is 23.6 Å². The molecule has 3 aromatic rings. The largest absolute Gasteiger partial charge is 0.496 e. The summed E-state index contributed by atoms with van der Waals surface area (Å²) in [6, 6.07) is 17.7. The summed E-state index contributed by atoms with van der Waals surface area (Å²) < 4.78 is 11.4. The zero-order valence-electron chi connectivity index (χ0n) is 17.2. The van der Waals surface area contributed by atoms with Crippen molar-refractivity contribution in [3.8, 4) is 17.4 Å². The van der Waals surface area contributed by atoms with Crippen LogP contribution in [0.5, 0.6) is 17.4 Å². The van der Waals surface area contributed by atoms with Crippen molar-refractivity contribution >= 4 is 17.4 Å². The summed E-state index contributed by atoms with van der Waals surface area (Å²) in [7, 11) is 1.72. The van der Waals surface area contributed by atoms with Crippen LogP contribution in [0.4, 0.5) is 5.82 Å². The molecule has 7 heteroatoms. The molecule has 0 aliphatic carbocycles. The maximum Gasteiger partial charge on any atom is 0.224 e. The molecule has 0 spiro atoms. The highest BCUT2D eigenvalue weighted by atomic mass is 35.5. The summed E-state index contributed by atoms with van der Waals surface area (Å²) in [5.41, 5.74) is 1.21. The van der Waals surface area contributed by atoms with Gasteiger partial charge in [-0.05, 0) is 37.3 Å². The lowest BCUT2D eigenvalue weighted by Crippen LogP contribution is -2.51. The number of rotatable bonds is 6. The van der Waals surface area contributed by atoms with E-state index in [1.54, 1.807) is 25.6 Å². The Labute approximate surface area is 182 Å². The summed E-state index contributed by atoms with van der Waals surface area (Å²) in [5.74, 6) is 3.02. The van der Waals surface area contributed by atoms with Gasteiger partial charge in [-0.2, -0.15) is 0 Å². The minimum atomic E-state index is 0.374. The van der Waals surface area contributed by atoms with E-state index in [1.807, 2.05) is 30.3 Å². The molecule has 1 aliphatic heterocycles. The minimum absolute atomic E-state index is 0.374. The topological polar surface area (TPSA) is 50.7 Å². The maximum absolute atomic E-state index is 5.94. The Balaban J connectivity index is 1.41. The highest BCUT2D eigenvalue weighted by Gasteiger charge is 2.25. The number of benzene rings is 2. The zero-order valence-corrected chi connectivity index (χ0v) is 17.9. The van der Waals surface area contributed by atoms with Gasteiger partial charge >= 0.3 is 0 Å². The first-order valence-electron chi connectivity index (χ1n) is 9.99. The number of halogens is 1. The predicted molar refractivity (Wildman–Crippen MR) is 119 cm³/mol. The first-order chi connectivity index (χ1) is 14.6. The standard InChI is InChI=1S/C23H25ClN4O2/c1-17-14-28(12-11-27(17)15-18-5-3-4-6-21(18)29-2)22-13-23(26-16-25-22)30-20-9-7-19(24)8-10-20/h3-10,13,16-17H,11-12,14-15H2,1-2H3/t17-/m1/s1. The Bertz CT molecular complexity index is 983. The molecule has 1 fully saturated rings. The molecule has 1 saturated heterocycles. The van der Waals surface area contributed by atoms with E-state index in [1.165, 1.54) is 5.56 Å². The number of hydrogen-bond acceptors (Lipinski definition) is 6. The second-order valence-corrected chi connectivity index (χ2v) is 7.78. The lowest BCUT2D eigenvalue weighted by Gasteiger charge is -2.40. The van der Waals surface area contributed by atoms with Crippen molar-refractivity contribution in [2.45, 2.75) is 19.5 Å². The van der Waals surface area contributed by atoms with Gasteiger partial charge in [0, 0.05) is 48.9 Å². The Hall–Kier alpha value is -2.83. The Morgan fingerprint density at radius 2 is 1.87 bits per heavy atom. The molecule has 0 unspecified atom stereocenters. The van der Waals surface area contributed by atoms with Crippen LogP contribution in [0.3, 0.4) is 0 Å². The maximum atomic E-state index is 5.94. The fraction of sp³-hybridized carbons (Fsp3) is 0.304. The minimum Gasteiger partial charge on any atom is -0.496 e. The quantitative estimate of drug-likeness (QED) is 0.574. The van der Waals surface area contributed by atoms with Gasteiger partial charge < -0.3 is 14.4 Å². The average molecular weight is 425 g/mol. The molecule has 0 N–H and O–H groups in total. The van der Waals surface area contributed by atoms with Gasteiger partial charge in [0.05, 0.1) is 7.11 Å². The van der Waals surface area contributed by atoms with Crippen molar-refractivity contribution in [3.05, 3.63) is 71.5 Å². The highest BCUT2D eigenvalue weighted by molar-refractivity contribution is 6.30. The third-order valence-corrected chi connectivity index (χ3v) is 5.57. The number of hydrogen-bond donors (Lipinski definition) is 0. The monoisotopic (exact) mass is 424 g/mol. The van der Waals surface area contributed by atoms with Crippen LogP contribution in [-0.4, -0.2) is 47.7 Å². The van der Waals surface area contributed by atoms with Gasteiger partial charge in [-0.3, -0.25) is 4.90 Å². The van der Waals surface area contributed by atoms with Gasteiger partial charge in [-0.15, -0.1) is 0 Å². The molecule has 0 amide bonds. The van der Waals surface area contributed by atoms with Crippen molar-refractivity contribution in [1.82, 2.24) is 14.9 Å². The van der Waals surface area contributed by atoms with Crippen LogP contribution in [0.1, 0.15) is 12.5 Å². The van der Waals surface area contributed by atoms with Crippen molar-refractivity contribution < 1.29 is 9.47 Å². The van der Waals surface area contributed by atoms with E-state index in [-0.39, 0.29) is 0 Å². The molecule has 4 rings (SSSR count). The van der Waals surface area contributed by atoms with Crippen molar-refractivity contribution in [1.29, 1.82) is 0 Å². The lowest BCUT2D eigenvalue weighted by atomic mass is 10.1. The molecule has 6 nitrogen and oxygen atoms in total. The smallest absolute Gasteiger partial charge is 0.224 e. The second-order valence-electron chi connectivity index (χ2n) is 7.35. The normalized spacial score (nSPS) is 17.0. The van der Waals surface area contributed by atoms with Crippen LogP contribution in [0.2, 0.25) is 5.02 Å². The number of ether oxygens (including phenoxy) is 2. The van der Waals surface area contributed by atoms with Crippen LogP contribution in [0.15, 0.2) is 60.9 Å². The molecule has 0 saturated carbocycles. The van der Waals surface area contributed by atoms with Crippen LogP contribution < -0.4 is 14.4 Å². The van der Waals surface area contributed by atoms with E-state index in [0.29, 0.717) is 22.7 Å². The highest BCUT2D eigenvalue weighted by Crippen LogP contribution is 2.26. The Kier molecular flexibility index (Phi) is 6.35. The summed E-state index contributed by atoms with van der Waals surface area (Å²) in [6.07, 6.45) is 1.55. The number of nitrogens with zero attached hydrogens (tertiary/aromatic N) is 4. The van der Waals surface area contributed by atoms with E-state index >= 15 is 0 Å². The fourth-order valence-corrected chi connectivity index (χ4v) is 3.80. The van der Waals surface area contributed by atoms with Crippen LogP contribution in [0, 0.1) is 0 Å². The summed E-state index contributed by atoms with van der Waals surface area (Å²) in [6.45, 7) is 5.82. The van der Waals surface area contributed by atoms with Crippen molar-refractivity contribution in [2.24, 2.45) is 0 Å². The van der Waals surface area contributed by atoms with Gasteiger partial charge in [0.2, 0.25) is 5.88 Å². The van der Waals surface area contributed by atoms with E-state index in [2.05, 4.69) is 38.8 Å². The van der Waals surface area contributed by atoms with Gasteiger partial charge in [0.25, 0.3) is 0 Å². The van der Waals surface area contributed by atoms with Gasteiger partial charge in [-0.25, -0.2) is 9.97 Å². The summed E-state index contributed by atoms with van der Waals surface area (Å²) >= 11 is 5.94. The molecule has 1 aromatic heterocycles. The predicted octanol–water partition coefficient (Wildman–Crippen LogP) is 4.64. The van der Waals surface area contributed by atoms with Gasteiger partial charge in [-0.1, -0.05) is 29.8 Å².